The minimum atomic E-state index is -0.0742. The summed E-state index contributed by atoms with van der Waals surface area (Å²) in [4.78, 5) is 14.2. The summed E-state index contributed by atoms with van der Waals surface area (Å²) in [5.41, 5.74) is 0.681. The van der Waals surface area contributed by atoms with Crippen LogP contribution in [-0.2, 0) is 4.79 Å². The van der Waals surface area contributed by atoms with Gasteiger partial charge in [-0.3, -0.25) is 4.79 Å². The number of likely N-dealkylation sites (tertiary alicyclic amines) is 1. The minimum Gasteiger partial charge on any atom is -0.393 e. The van der Waals surface area contributed by atoms with Crippen LogP contribution in [0, 0.1) is 28.6 Å². The average Bonchev–Trinajstić information content (AvgIpc) is 2.78. The van der Waals surface area contributed by atoms with Gasteiger partial charge >= 0.3 is 0 Å². The molecule has 0 radical (unpaired) electrons. The second kappa shape index (κ2) is 4.72. The fraction of sp³-hybridized carbons (Fsp3) is 0.947. The largest absolute Gasteiger partial charge is 0.393 e. The van der Waals surface area contributed by atoms with Crippen molar-refractivity contribution in [3.63, 3.8) is 0 Å². The first-order chi connectivity index (χ1) is 10.3. The summed E-state index contributed by atoms with van der Waals surface area (Å²) in [6.07, 6.45) is 8.78. The molecule has 1 saturated heterocycles. The van der Waals surface area contributed by atoms with Gasteiger partial charge in [-0.1, -0.05) is 13.8 Å². The molecule has 1 heterocycles. The van der Waals surface area contributed by atoms with Crippen molar-refractivity contribution in [3.8, 4) is 0 Å². The lowest BCUT2D eigenvalue weighted by atomic mass is 9.47. The van der Waals surface area contributed by atoms with E-state index in [0.29, 0.717) is 28.7 Å². The normalized spacial score (nSPS) is 54.6. The zero-order valence-electron chi connectivity index (χ0n) is 14.3. The Balaban J connectivity index is 1.65. The number of carbonyl (C=O) groups excluding carboxylic acids is 1. The highest BCUT2D eigenvalue weighted by Crippen LogP contribution is 2.64. The molecule has 1 amide bonds. The second-order valence-corrected chi connectivity index (χ2v) is 9.27. The molecule has 1 aliphatic heterocycles. The minimum absolute atomic E-state index is 0.0742. The molecule has 0 aromatic heterocycles. The van der Waals surface area contributed by atoms with Crippen LogP contribution in [-0.4, -0.2) is 35.1 Å². The van der Waals surface area contributed by atoms with Crippen molar-refractivity contribution in [3.05, 3.63) is 0 Å². The zero-order chi connectivity index (χ0) is 15.7. The van der Waals surface area contributed by atoms with E-state index in [1.165, 1.54) is 25.7 Å². The first kappa shape index (κ1) is 15.0. The van der Waals surface area contributed by atoms with Crippen molar-refractivity contribution >= 4 is 5.91 Å². The lowest BCUT2D eigenvalue weighted by molar-refractivity contribution is -0.156. The van der Waals surface area contributed by atoms with E-state index in [4.69, 9.17) is 0 Å². The predicted molar refractivity (Wildman–Crippen MR) is 86.2 cm³/mol. The molecule has 7 atom stereocenters. The third kappa shape index (κ3) is 1.87. The Morgan fingerprint density at radius 1 is 1.14 bits per heavy atom. The number of amides is 1. The van der Waals surface area contributed by atoms with E-state index < -0.39 is 0 Å². The van der Waals surface area contributed by atoms with Gasteiger partial charge in [0.1, 0.15) is 0 Å². The summed E-state index contributed by atoms with van der Waals surface area (Å²) >= 11 is 0. The molecule has 0 aromatic carbocycles. The summed E-state index contributed by atoms with van der Waals surface area (Å²) in [5.74, 6) is 2.59. The first-order valence-electron chi connectivity index (χ1n) is 9.29. The van der Waals surface area contributed by atoms with E-state index in [1.807, 2.05) is 7.05 Å². The standard InChI is InChI=1S/C19H31NO2/c1-18-8-6-14-13(15(18)10-12(21)11-18)4-5-16-19(14,2)9-7-17(22)20(16)3/h12-16,21H,4-11H2,1-3H3/t12?,13-,14-,15+,16?,18-,19-/m1/s1. The Morgan fingerprint density at radius 3 is 2.68 bits per heavy atom. The molecule has 3 nitrogen and oxygen atoms in total. The summed E-state index contributed by atoms with van der Waals surface area (Å²) in [6.45, 7) is 4.89. The van der Waals surface area contributed by atoms with Crippen molar-refractivity contribution in [2.75, 3.05) is 7.05 Å². The van der Waals surface area contributed by atoms with Crippen LogP contribution in [0.25, 0.3) is 0 Å². The average molecular weight is 305 g/mol. The lowest BCUT2D eigenvalue weighted by Gasteiger charge is -2.61. The quantitative estimate of drug-likeness (QED) is 0.746. The van der Waals surface area contributed by atoms with Crippen LogP contribution in [0.2, 0.25) is 0 Å². The maximum atomic E-state index is 12.1. The van der Waals surface area contributed by atoms with E-state index >= 15 is 0 Å². The van der Waals surface area contributed by atoms with Crippen LogP contribution in [0.1, 0.15) is 65.2 Å². The van der Waals surface area contributed by atoms with Gasteiger partial charge in [0.25, 0.3) is 0 Å². The van der Waals surface area contributed by atoms with E-state index in [0.717, 1.165) is 37.5 Å². The number of hydrogen-bond donors (Lipinski definition) is 1. The van der Waals surface area contributed by atoms with Crippen molar-refractivity contribution in [2.45, 2.75) is 77.4 Å². The van der Waals surface area contributed by atoms with Crippen molar-refractivity contribution in [1.29, 1.82) is 0 Å². The Kier molecular flexibility index (Phi) is 3.21. The smallest absolute Gasteiger partial charge is 0.222 e. The van der Waals surface area contributed by atoms with Crippen LogP contribution >= 0.6 is 0 Å². The maximum absolute atomic E-state index is 12.1. The van der Waals surface area contributed by atoms with E-state index in [-0.39, 0.29) is 6.10 Å². The number of carbonyl (C=O) groups is 1. The molecule has 2 unspecified atom stereocenters. The SMILES string of the molecule is CN1C(=O)CC[C@@]2(C)C1CC[C@@H]1[C@H]2CC[C@]2(C)CC(O)C[C@@H]12. The Labute approximate surface area is 134 Å². The fourth-order valence-electron chi connectivity index (χ4n) is 7.17. The van der Waals surface area contributed by atoms with E-state index in [9.17, 15) is 9.90 Å². The molecule has 0 bridgehead atoms. The highest BCUT2D eigenvalue weighted by atomic mass is 16.3. The molecule has 124 valence electrons. The van der Waals surface area contributed by atoms with Gasteiger partial charge in [0.15, 0.2) is 0 Å². The first-order valence-corrected chi connectivity index (χ1v) is 9.29. The second-order valence-electron chi connectivity index (χ2n) is 9.27. The van der Waals surface area contributed by atoms with Crippen molar-refractivity contribution < 1.29 is 9.90 Å². The molecule has 22 heavy (non-hydrogen) atoms. The highest BCUT2D eigenvalue weighted by molar-refractivity contribution is 5.77. The topological polar surface area (TPSA) is 40.5 Å². The maximum Gasteiger partial charge on any atom is 0.222 e. The van der Waals surface area contributed by atoms with Crippen LogP contribution < -0.4 is 0 Å². The molecule has 0 aromatic rings. The number of fused-ring (bicyclic) bond motifs is 5. The molecule has 3 saturated carbocycles. The number of nitrogens with zero attached hydrogens (tertiary/aromatic N) is 1. The molecular weight excluding hydrogens is 274 g/mol. The number of rotatable bonds is 0. The summed E-state index contributed by atoms with van der Waals surface area (Å²) in [5, 5.41) is 10.2. The zero-order valence-corrected chi connectivity index (χ0v) is 14.3. The molecule has 4 aliphatic rings. The van der Waals surface area contributed by atoms with Gasteiger partial charge in [-0.15, -0.1) is 0 Å². The molecular formula is C19H31NO2. The van der Waals surface area contributed by atoms with Crippen LogP contribution in [0.5, 0.6) is 0 Å². The van der Waals surface area contributed by atoms with Gasteiger partial charge in [0, 0.05) is 19.5 Å². The van der Waals surface area contributed by atoms with E-state index in [2.05, 4.69) is 18.7 Å². The van der Waals surface area contributed by atoms with Crippen molar-refractivity contribution in [1.82, 2.24) is 4.90 Å². The van der Waals surface area contributed by atoms with Gasteiger partial charge in [-0.2, -0.15) is 0 Å². The molecule has 1 N–H and O–H groups in total. The number of aliphatic hydroxyl groups excluding tert-OH is 1. The molecule has 3 heteroatoms. The Bertz CT molecular complexity index is 492. The van der Waals surface area contributed by atoms with Crippen LogP contribution in [0.15, 0.2) is 0 Å². The molecule has 4 fully saturated rings. The van der Waals surface area contributed by atoms with E-state index in [1.54, 1.807) is 0 Å². The van der Waals surface area contributed by atoms with Gasteiger partial charge in [0.2, 0.25) is 5.91 Å². The third-order valence-corrected chi connectivity index (χ3v) is 8.30. The number of hydrogen-bond acceptors (Lipinski definition) is 2. The lowest BCUT2D eigenvalue weighted by Crippen LogP contribution is -2.61. The van der Waals surface area contributed by atoms with Gasteiger partial charge in [-0.05, 0) is 73.5 Å². The monoisotopic (exact) mass is 305 g/mol. The summed E-state index contributed by atoms with van der Waals surface area (Å²) in [7, 11) is 2.02. The third-order valence-electron chi connectivity index (χ3n) is 8.30. The summed E-state index contributed by atoms with van der Waals surface area (Å²) in [6, 6.07) is 0.450. The van der Waals surface area contributed by atoms with Gasteiger partial charge in [0.05, 0.1) is 6.10 Å². The van der Waals surface area contributed by atoms with Gasteiger partial charge < -0.3 is 10.0 Å². The fourth-order valence-corrected chi connectivity index (χ4v) is 7.17. The molecule has 0 spiro atoms. The van der Waals surface area contributed by atoms with Gasteiger partial charge in [-0.25, -0.2) is 0 Å². The molecule has 3 aliphatic carbocycles. The number of aliphatic hydroxyl groups is 1. The van der Waals surface area contributed by atoms with Crippen LogP contribution in [0.4, 0.5) is 0 Å². The molecule has 4 rings (SSSR count). The summed E-state index contributed by atoms with van der Waals surface area (Å²) < 4.78 is 0. The van der Waals surface area contributed by atoms with Crippen LogP contribution in [0.3, 0.4) is 0 Å². The number of piperidine rings is 1. The Morgan fingerprint density at radius 2 is 1.91 bits per heavy atom. The predicted octanol–water partition coefficient (Wildman–Crippen LogP) is 3.21. The van der Waals surface area contributed by atoms with Crippen molar-refractivity contribution in [2.24, 2.45) is 28.6 Å². The highest BCUT2D eigenvalue weighted by Gasteiger charge is 2.60. The Hall–Kier alpha value is -0.570.